The molecular formula is C10H11ClN2O. The molecule has 0 aromatic carbocycles. The van der Waals surface area contributed by atoms with Gasteiger partial charge in [0.05, 0.1) is 17.1 Å². The average molecular weight is 211 g/mol. The zero-order valence-corrected chi connectivity index (χ0v) is 8.66. The van der Waals surface area contributed by atoms with Gasteiger partial charge in [0, 0.05) is 12.4 Å². The average Bonchev–Trinajstić information content (AvgIpc) is 2.66. The number of halogens is 1. The molecule has 1 aromatic heterocycles. The van der Waals surface area contributed by atoms with E-state index in [1.54, 1.807) is 12.4 Å². The molecule has 0 aliphatic carbocycles. The van der Waals surface area contributed by atoms with Gasteiger partial charge in [-0.1, -0.05) is 18.5 Å². The Bertz CT molecular complexity index is 365. The highest BCUT2D eigenvalue weighted by molar-refractivity contribution is 6.30. The molecule has 0 spiro atoms. The Morgan fingerprint density at radius 2 is 2.43 bits per heavy atom. The maximum atomic E-state index is 5.82. The summed E-state index contributed by atoms with van der Waals surface area (Å²) in [5.41, 5.74) is 0.855. The zero-order valence-electron chi connectivity index (χ0n) is 7.90. The molecule has 1 aliphatic heterocycles. The first-order chi connectivity index (χ1) is 6.79. The third kappa shape index (κ3) is 1.87. The van der Waals surface area contributed by atoms with Gasteiger partial charge < -0.3 is 4.74 Å². The van der Waals surface area contributed by atoms with Crippen LogP contribution in [0.2, 0.25) is 5.02 Å². The summed E-state index contributed by atoms with van der Waals surface area (Å²) in [7, 11) is 0. The molecule has 1 aromatic rings. The molecule has 0 fully saturated rings. The van der Waals surface area contributed by atoms with Crippen LogP contribution in [-0.2, 0) is 4.74 Å². The minimum atomic E-state index is 0.212. The topological polar surface area (TPSA) is 34.5 Å². The van der Waals surface area contributed by atoms with Crippen LogP contribution in [0.1, 0.15) is 18.9 Å². The van der Waals surface area contributed by atoms with Crippen LogP contribution in [0.4, 0.5) is 0 Å². The Morgan fingerprint density at radius 3 is 3.07 bits per heavy atom. The number of ether oxygens (including phenoxy) is 1. The monoisotopic (exact) mass is 210 g/mol. The minimum Gasteiger partial charge on any atom is -0.472 e. The van der Waals surface area contributed by atoms with Crippen LogP contribution in [0.15, 0.2) is 23.5 Å². The standard InChI is InChI=1S/C10H11ClN2O/c1-2-9-6-13-10(14-9)7-3-8(11)5-12-4-7/h3-5,9H,2,6H2,1H3. The maximum Gasteiger partial charge on any atom is 0.218 e. The van der Waals surface area contributed by atoms with Crippen LogP contribution in [-0.4, -0.2) is 23.5 Å². The van der Waals surface area contributed by atoms with E-state index >= 15 is 0 Å². The molecule has 2 rings (SSSR count). The van der Waals surface area contributed by atoms with Crippen molar-refractivity contribution >= 4 is 17.5 Å². The molecule has 0 saturated carbocycles. The van der Waals surface area contributed by atoms with Gasteiger partial charge in [-0.05, 0) is 12.5 Å². The lowest BCUT2D eigenvalue weighted by atomic mass is 10.3. The van der Waals surface area contributed by atoms with Crippen LogP contribution in [0.3, 0.4) is 0 Å². The molecule has 1 aliphatic rings. The zero-order chi connectivity index (χ0) is 9.97. The van der Waals surface area contributed by atoms with Crippen LogP contribution in [0.25, 0.3) is 0 Å². The lowest BCUT2D eigenvalue weighted by molar-refractivity contribution is 0.220. The summed E-state index contributed by atoms with van der Waals surface area (Å²) in [6.07, 6.45) is 4.49. The van der Waals surface area contributed by atoms with Crippen molar-refractivity contribution in [2.24, 2.45) is 4.99 Å². The fraction of sp³-hybridized carbons (Fsp3) is 0.400. The third-order valence-electron chi connectivity index (χ3n) is 2.12. The van der Waals surface area contributed by atoms with Crippen molar-refractivity contribution in [2.75, 3.05) is 6.54 Å². The van der Waals surface area contributed by atoms with Gasteiger partial charge in [-0.3, -0.25) is 4.98 Å². The van der Waals surface area contributed by atoms with Gasteiger partial charge in [-0.25, -0.2) is 4.99 Å². The fourth-order valence-corrected chi connectivity index (χ4v) is 1.49. The second kappa shape index (κ2) is 3.96. The molecule has 2 heterocycles. The van der Waals surface area contributed by atoms with Gasteiger partial charge >= 0.3 is 0 Å². The van der Waals surface area contributed by atoms with E-state index in [0.29, 0.717) is 10.9 Å². The lowest BCUT2D eigenvalue weighted by Crippen LogP contribution is -2.12. The number of aromatic nitrogens is 1. The van der Waals surface area contributed by atoms with E-state index in [0.717, 1.165) is 18.5 Å². The number of rotatable bonds is 2. The van der Waals surface area contributed by atoms with Crippen LogP contribution in [0.5, 0.6) is 0 Å². The Hall–Kier alpha value is -1.09. The van der Waals surface area contributed by atoms with Crippen molar-refractivity contribution in [3.05, 3.63) is 29.0 Å². The molecule has 1 atom stereocenters. The van der Waals surface area contributed by atoms with Gasteiger partial charge in [-0.2, -0.15) is 0 Å². The summed E-state index contributed by atoms with van der Waals surface area (Å²) < 4.78 is 5.60. The second-order valence-corrected chi connectivity index (χ2v) is 3.62. The van der Waals surface area contributed by atoms with Crippen molar-refractivity contribution < 1.29 is 4.74 Å². The SMILES string of the molecule is CCC1CN=C(c2cncc(Cl)c2)O1. The number of hydrogen-bond donors (Lipinski definition) is 0. The first-order valence-electron chi connectivity index (χ1n) is 4.61. The van der Waals surface area contributed by atoms with Crippen LogP contribution in [0, 0.1) is 0 Å². The van der Waals surface area contributed by atoms with Gasteiger partial charge in [0.2, 0.25) is 5.90 Å². The third-order valence-corrected chi connectivity index (χ3v) is 2.33. The Labute approximate surface area is 87.8 Å². The smallest absolute Gasteiger partial charge is 0.218 e. The van der Waals surface area contributed by atoms with Crippen molar-refractivity contribution in [1.29, 1.82) is 0 Å². The molecule has 0 N–H and O–H groups in total. The van der Waals surface area contributed by atoms with Crippen molar-refractivity contribution in [1.82, 2.24) is 4.98 Å². The highest BCUT2D eigenvalue weighted by Gasteiger charge is 2.19. The quantitative estimate of drug-likeness (QED) is 0.751. The van der Waals surface area contributed by atoms with Crippen LogP contribution < -0.4 is 0 Å². The van der Waals surface area contributed by atoms with E-state index in [9.17, 15) is 0 Å². The predicted octanol–water partition coefficient (Wildman–Crippen LogP) is 2.29. The summed E-state index contributed by atoms with van der Waals surface area (Å²) >= 11 is 5.82. The van der Waals surface area contributed by atoms with E-state index in [1.165, 1.54) is 0 Å². The van der Waals surface area contributed by atoms with Gasteiger partial charge in [-0.15, -0.1) is 0 Å². The number of hydrogen-bond acceptors (Lipinski definition) is 3. The van der Waals surface area contributed by atoms with Gasteiger partial charge in [0.1, 0.15) is 6.10 Å². The Balaban J connectivity index is 2.17. The number of pyridine rings is 1. The largest absolute Gasteiger partial charge is 0.472 e. The first kappa shape index (κ1) is 9.46. The molecule has 0 amide bonds. The number of nitrogens with zero attached hydrogens (tertiary/aromatic N) is 2. The molecule has 14 heavy (non-hydrogen) atoms. The molecule has 0 saturated heterocycles. The fourth-order valence-electron chi connectivity index (χ4n) is 1.32. The summed E-state index contributed by atoms with van der Waals surface area (Å²) in [4.78, 5) is 8.28. The van der Waals surface area contributed by atoms with Gasteiger partial charge in [0.25, 0.3) is 0 Å². The summed E-state index contributed by atoms with van der Waals surface area (Å²) in [6, 6.07) is 1.81. The maximum absolute atomic E-state index is 5.82. The van der Waals surface area contributed by atoms with Crippen molar-refractivity contribution in [2.45, 2.75) is 19.4 Å². The second-order valence-electron chi connectivity index (χ2n) is 3.19. The van der Waals surface area contributed by atoms with E-state index in [2.05, 4.69) is 16.9 Å². The van der Waals surface area contributed by atoms with Crippen molar-refractivity contribution in [3.8, 4) is 0 Å². The highest BCUT2D eigenvalue weighted by Crippen LogP contribution is 2.16. The van der Waals surface area contributed by atoms with Gasteiger partial charge in [0.15, 0.2) is 0 Å². The van der Waals surface area contributed by atoms with E-state index < -0.39 is 0 Å². The Morgan fingerprint density at radius 1 is 1.57 bits per heavy atom. The minimum absolute atomic E-state index is 0.212. The van der Waals surface area contributed by atoms with Crippen LogP contribution >= 0.6 is 11.6 Å². The molecule has 4 heteroatoms. The lowest BCUT2D eigenvalue weighted by Gasteiger charge is -2.07. The Kier molecular flexibility index (Phi) is 2.68. The van der Waals surface area contributed by atoms with E-state index in [-0.39, 0.29) is 6.10 Å². The predicted molar refractivity (Wildman–Crippen MR) is 55.8 cm³/mol. The van der Waals surface area contributed by atoms with E-state index in [1.807, 2.05) is 6.07 Å². The number of aliphatic imine (C=N–C) groups is 1. The first-order valence-corrected chi connectivity index (χ1v) is 4.99. The molecule has 3 nitrogen and oxygen atoms in total. The van der Waals surface area contributed by atoms with Crippen molar-refractivity contribution in [3.63, 3.8) is 0 Å². The molecule has 74 valence electrons. The molecule has 1 unspecified atom stereocenters. The highest BCUT2D eigenvalue weighted by atomic mass is 35.5. The summed E-state index contributed by atoms with van der Waals surface area (Å²) in [5.74, 6) is 0.659. The molecule has 0 radical (unpaired) electrons. The van der Waals surface area contributed by atoms with E-state index in [4.69, 9.17) is 16.3 Å². The molecule has 0 bridgehead atoms. The normalized spacial score (nSPS) is 20.4. The summed E-state index contributed by atoms with van der Waals surface area (Å²) in [5, 5.41) is 0.605. The summed E-state index contributed by atoms with van der Waals surface area (Å²) in [6.45, 7) is 2.82. The molecular weight excluding hydrogens is 200 g/mol.